The van der Waals surface area contributed by atoms with Crippen molar-refractivity contribution in [3.8, 4) is 5.75 Å². The Morgan fingerprint density at radius 3 is 2.81 bits per heavy atom. The minimum atomic E-state index is 0.311. The van der Waals surface area contributed by atoms with E-state index in [1.165, 1.54) is 0 Å². The molecule has 2 rings (SSSR count). The molecule has 2 aromatic rings. The average Bonchev–Trinajstić information content (AvgIpc) is 2.45. The van der Waals surface area contributed by atoms with E-state index in [0.29, 0.717) is 18.3 Å². The quantitative estimate of drug-likeness (QED) is 0.505. The number of aliphatic imine (C=N–C) groups is 1. The number of methoxy groups -OCH3 is 1. The van der Waals surface area contributed by atoms with Crippen molar-refractivity contribution in [2.75, 3.05) is 12.4 Å². The van der Waals surface area contributed by atoms with Crippen LogP contribution >= 0.6 is 15.9 Å². The summed E-state index contributed by atoms with van der Waals surface area (Å²) in [5.74, 6) is 1.76. The van der Waals surface area contributed by atoms with Gasteiger partial charge >= 0.3 is 0 Å². The van der Waals surface area contributed by atoms with Crippen LogP contribution in [0.3, 0.4) is 0 Å². The number of aromatic nitrogens is 1. The van der Waals surface area contributed by atoms with Crippen molar-refractivity contribution in [3.63, 3.8) is 0 Å². The zero-order chi connectivity index (χ0) is 15.2. The van der Waals surface area contributed by atoms with Crippen LogP contribution in [0.2, 0.25) is 0 Å². The number of pyridine rings is 1. The first kappa shape index (κ1) is 15.3. The average molecular weight is 349 g/mol. The molecule has 0 saturated carbocycles. The first-order chi connectivity index (χ1) is 10.1. The molecule has 0 fully saturated rings. The van der Waals surface area contributed by atoms with Crippen molar-refractivity contribution in [2.45, 2.75) is 13.5 Å². The predicted octanol–water partition coefficient (Wildman–Crippen LogP) is 3.09. The largest absolute Gasteiger partial charge is 0.496 e. The number of nitrogens with one attached hydrogen (secondary N) is 1. The van der Waals surface area contributed by atoms with Gasteiger partial charge in [-0.05, 0) is 46.6 Å². The van der Waals surface area contributed by atoms with Gasteiger partial charge in [0.15, 0.2) is 5.96 Å². The van der Waals surface area contributed by atoms with Gasteiger partial charge in [0.1, 0.15) is 16.2 Å². The van der Waals surface area contributed by atoms with E-state index in [1.54, 1.807) is 7.11 Å². The summed E-state index contributed by atoms with van der Waals surface area (Å²) in [7, 11) is 1.65. The van der Waals surface area contributed by atoms with Gasteiger partial charge in [-0.2, -0.15) is 0 Å². The lowest BCUT2D eigenvalue weighted by Gasteiger charge is -2.10. The van der Waals surface area contributed by atoms with E-state index in [0.717, 1.165) is 21.5 Å². The number of ether oxygens (including phenoxy) is 1. The molecule has 0 aliphatic carbocycles. The Bertz CT molecular complexity index is 658. The van der Waals surface area contributed by atoms with E-state index < -0.39 is 0 Å². The number of halogens is 1. The van der Waals surface area contributed by atoms with Crippen molar-refractivity contribution in [1.82, 2.24) is 4.98 Å². The topological polar surface area (TPSA) is 72.5 Å². The molecule has 1 heterocycles. The number of anilines is 1. The number of aryl methyl sites for hydroxylation is 1. The lowest BCUT2D eigenvalue weighted by Crippen LogP contribution is -2.23. The molecule has 0 unspecified atom stereocenters. The summed E-state index contributed by atoms with van der Waals surface area (Å²) in [5.41, 5.74) is 8.03. The Morgan fingerprint density at radius 1 is 1.33 bits per heavy atom. The van der Waals surface area contributed by atoms with Crippen molar-refractivity contribution in [1.29, 1.82) is 0 Å². The minimum absolute atomic E-state index is 0.311. The second-order valence-electron chi connectivity index (χ2n) is 4.43. The van der Waals surface area contributed by atoms with Crippen LogP contribution in [0.4, 0.5) is 5.82 Å². The summed E-state index contributed by atoms with van der Waals surface area (Å²) in [5, 5.41) is 2.96. The zero-order valence-corrected chi connectivity index (χ0v) is 13.5. The van der Waals surface area contributed by atoms with Gasteiger partial charge in [0.2, 0.25) is 0 Å². The molecule has 5 nitrogen and oxygen atoms in total. The summed E-state index contributed by atoms with van der Waals surface area (Å²) in [4.78, 5) is 8.58. The highest BCUT2D eigenvalue weighted by molar-refractivity contribution is 9.10. The van der Waals surface area contributed by atoms with Crippen LogP contribution in [0.25, 0.3) is 0 Å². The SMILES string of the molecule is COc1cccc(C)c1CN=C(N)Nc1cccc(Br)n1. The fourth-order valence-corrected chi connectivity index (χ4v) is 2.23. The second kappa shape index (κ2) is 7.08. The van der Waals surface area contributed by atoms with Gasteiger partial charge in [-0.1, -0.05) is 18.2 Å². The Labute approximate surface area is 132 Å². The summed E-state index contributed by atoms with van der Waals surface area (Å²) in [6, 6.07) is 11.4. The van der Waals surface area contributed by atoms with Crippen molar-refractivity contribution < 1.29 is 4.74 Å². The Kier molecular flexibility index (Phi) is 5.16. The number of benzene rings is 1. The lowest BCUT2D eigenvalue weighted by molar-refractivity contribution is 0.409. The molecule has 21 heavy (non-hydrogen) atoms. The highest BCUT2D eigenvalue weighted by Crippen LogP contribution is 2.22. The normalized spacial score (nSPS) is 11.3. The Morgan fingerprint density at radius 2 is 2.10 bits per heavy atom. The maximum Gasteiger partial charge on any atom is 0.194 e. The molecule has 6 heteroatoms. The van der Waals surface area contributed by atoms with Crippen molar-refractivity contribution in [2.24, 2.45) is 10.7 Å². The molecule has 1 aromatic carbocycles. The molecule has 0 aliphatic rings. The molecular formula is C15H17BrN4O. The van der Waals surface area contributed by atoms with E-state index in [-0.39, 0.29) is 0 Å². The number of hydrogen-bond acceptors (Lipinski definition) is 3. The summed E-state index contributed by atoms with van der Waals surface area (Å²) < 4.78 is 6.08. The van der Waals surface area contributed by atoms with Crippen LogP contribution in [-0.4, -0.2) is 18.1 Å². The smallest absolute Gasteiger partial charge is 0.194 e. The fourth-order valence-electron chi connectivity index (χ4n) is 1.88. The van der Waals surface area contributed by atoms with Gasteiger partial charge < -0.3 is 15.8 Å². The molecule has 0 spiro atoms. The number of nitrogens with two attached hydrogens (primary N) is 1. The van der Waals surface area contributed by atoms with Crippen molar-refractivity contribution >= 4 is 27.7 Å². The van der Waals surface area contributed by atoms with Gasteiger partial charge in [0.25, 0.3) is 0 Å². The first-order valence-electron chi connectivity index (χ1n) is 6.42. The number of nitrogens with zero attached hydrogens (tertiary/aromatic N) is 2. The van der Waals surface area contributed by atoms with E-state index in [4.69, 9.17) is 10.5 Å². The highest BCUT2D eigenvalue weighted by atomic mass is 79.9. The van der Waals surface area contributed by atoms with E-state index in [2.05, 4.69) is 31.2 Å². The van der Waals surface area contributed by atoms with Crippen LogP contribution in [0, 0.1) is 6.92 Å². The van der Waals surface area contributed by atoms with Gasteiger partial charge in [-0.25, -0.2) is 9.98 Å². The molecule has 1 aromatic heterocycles. The number of guanidine groups is 1. The number of rotatable bonds is 4. The monoisotopic (exact) mass is 348 g/mol. The minimum Gasteiger partial charge on any atom is -0.496 e. The van der Waals surface area contributed by atoms with Crippen LogP contribution in [-0.2, 0) is 6.54 Å². The molecular weight excluding hydrogens is 332 g/mol. The molecule has 3 N–H and O–H groups in total. The fraction of sp³-hybridized carbons (Fsp3) is 0.200. The van der Waals surface area contributed by atoms with E-state index in [1.807, 2.05) is 43.3 Å². The molecule has 0 bridgehead atoms. The van der Waals surface area contributed by atoms with E-state index in [9.17, 15) is 0 Å². The summed E-state index contributed by atoms with van der Waals surface area (Å²) in [6.07, 6.45) is 0. The molecule has 0 amide bonds. The molecule has 0 radical (unpaired) electrons. The standard InChI is InChI=1S/C15H17BrN4O/c1-10-5-3-6-12(21-2)11(10)9-18-15(17)20-14-8-4-7-13(16)19-14/h3-8H,9H2,1-2H3,(H3,17,18,19,20). The van der Waals surface area contributed by atoms with Crippen LogP contribution < -0.4 is 15.8 Å². The highest BCUT2D eigenvalue weighted by Gasteiger charge is 2.05. The Balaban J connectivity index is 2.10. The lowest BCUT2D eigenvalue weighted by atomic mass is 10.1. The third-order valence-electron chi connectivity index (χ3n) is 2.97. The summed E-state index contributed by atoms with van der Waals surface area (Å²) in [6.45, 7) is 2.47. The molecule has 0 saturated heterocycles. The van der Waals surface area contributed by atoms with Crippen LogP contribution in [0.1, 0.15) is 11.1 Å². The summed E-state index contributed by atoms with van der Waals surface area (Å²) >= 11 is 3.31. The first-order valence-corrected chi connectivity index (χ1v) is 7.21. The van der Waals surface area contributed by atoms with Gasteiger partial charge in [-0.15, -0.1) is 0 Å². The second-order valence-corrected chi connectivity index (χ2v) is 5.24. The van der Waals surface area contributed by atoms with E-state index >= 15 is 0 Å². The van der Waals surface area contributed by atoms with Crippen LogP contribution in [0.15, 0.2) is 46.0 Å². The van der Waals surface area contributed by atoms with Gasteiger partial charge in [-0.3, -0.25) is 0 Å². The van der Waals surface area contributed by atoms with Crippen LogP contribution in [0.5, 0.6) is 5.75 Å². The van der Waals surface area contributed by atoms with Gasteiger partial charge in [0, 0.05) is 5.56 Å². The Hall–Kier alpha value is -2.08. The maximum absolute atomic E-state index is 5.89. The molecule has 0 aliphatic heterocycles. The zero-order valence-electron chi connectivity index (χ0n) is 11.9. The van der Waals surface area contributed by atoms with Gasteiger partial charge in [0.05, 0.1) is 13.7 Å². The maximum atomic E-state index is 5.89. The third kappa shape index (κ3) is 4.19. The molecule has 110 valence electrons. The number of hydrogen-bond donors (Lipinski definition) is 2. The third-order valence-corrected chi connectivity index (χ3v) is 3.41. The van der Waals surface area contributed by atoms with Crippen molar-refractivity contribution in [3.05, 3.63) is 52.1 Å². The molecule has 0 atom stereocenters. The predicted molar refractivity (Wildman–Crippen MR) is 88.6 cm³/mol.